The van der Waals surface area contributed by atoms with Crippen molar-refractivity contribution < 1.29 is 4.39 Å². The molecule has 0 aromatic carbocycles. The highest BCUT2D eigenvalue weighted by molar-refractivity contribution is 7.18. The average Bonchev–Trinajstić information content (AvgIpc) is 3.19. The van der Waals surface area contributed by atoms with Gasteiger partial charge in [0.05, 0.1) is 6.67 Å². The van der Waals surface area contributed by atoms with Crippen LogP contribution in [0.5, 0.6) is 0 Å². The van der Waals surface area contributed by atoms with E-state index in [0.717, 1.165) is 29.8 Å². The minimum Gasteiger partial charge on any atom is -0.250 e. The van der Waals surface area contributed by atoms with Crippen LogP contribution in [0.15, 0.2) is 0 Å². The molecule has 0 aromatic rings. The van der Waals surface area contributed by atoms with Crippen molar-refractivity contribution in [2.24, 2.45) is 23.2 Å². The minimum atomic E-state index is -0.165. The van der Waals surface area contributed by atoms with E-state index in [-0.39, 0.29) is 12.3 Å². The van der Waals surface area contributed by atoms with Crippen LogP contribution >= 0.6 is 18.5 Å². The van der Waals surface area contributed by atoms with Crippen LogP contribution in [-0.2, 0) is 0 Å². The van der Waals surface area contributed by atoms with Crippen molar-refractivity contribution in [1.29, 1.82) is 0 Å². The number of hydrogen-bond donors (Lipinski definition) is 0. The molecule has 0 radical (unpaired) electrons. The molecule has 5 unspecified atom stereocenters. The second-order valence-electron chi connectivity index (χ2n) is 8.17. The summed E-state index contributed by atoms with van der Waals surface area (Å²) in [6, 6.07) is 0. The summed E-state index contributed by atoms with van der Waals surface area (Å²) in [4.78, 5) is 0. The monoisotopic (exact) mass is 330 g/mol. The standard InChI is InChI=1S/C18H33FP2/c19-12-16(20)10-18(11-17(18)21)15-8-6-14(7-9-15)13-4-2-1-3-5-13/h13-17H,1-12,20-21H2. The summed E-state index contributed by atoms with van der Waals surface area (Å²) in [5.41, 5.74) is 1.44. The van der Waals surface area contributed by atoms with Gasteiger partial charge in [-0.15, -0.1) is 18.5 Å². The molecule has 0 aromatic heterocycles. The van der Waals surface area contributed by atoms with Crippen LogP contribution < -0.4 is 0 Å². The third-order valence-corrected chi connectivity index (χ3v) is 8.23. The predicted octanol–water partition coefficient (Wildman–Crippen LogP) is 5.61. The van der Waals surface area contributed by atoms with Crippen LogP contribution in [0.2, 0.25) is 0 Å². The predicted molar refractivity (Wildman–Crippen MR) is 96.7 cm³/mol. The average molecular weight is 330 g/mol. The maximum atomic E-state index is 12.9. The third kappa shape index (κ3) is 3.66. The van der Waals surface area contributed by atoms with Crippen molar-refractivity contribution in [3.05, 3.63) is 0 Å². The molecule has 0 nitrogen and oxygen atoms in total. The summed E-state index contributed by atoms with van der Waals surface area (Å²) < 4.78 is 12.9. The first kappa shape index (κ1) is 16.6. The molecule has 0 heterocycles. The lowest BCUT2D eigenvalue weighted by molar-refractivity contribution is 0.126. The lowest BCUT2D eigenvalue weighted by Gasteiger charge is -2.39. The number of alkyl halides is 1. The van der Waals surface area contributed by atoms with Gasteiger partial charge in [-0.25, -0.2) is 0 Å². The molecule has 0 bridgehead atoms. The Bertz CT molecular complexity index is 334. The Morgan fingerprint density at radius 3 is 2.05 bits per heavy atom. The highest BCUT2D eigenvalue weighted by Crippen LogP contribution is 2.64. The quantitative estimate of drug-likeness (QED) is 0.575. The molecule has 3 aliphatic carbocycles. The number of hydrogen-bond acceptors (Lipinski definition) is 0. The Kier molecular flexibility index (Phi) is 5.65. The van der Waals surface area contributed by atoms with Gasteiger partial charge >= 0.3 is 0 Å². The van der Waals surface area contributed by atoms with E-state index >= 15 is 0 Å². The van der Waals surface area contributed by atoms with E-state index in [4.69, 9.17) is 0 Å². The van der Waals surface area contributed by atoms with Gasteiger partial charge in [0.25, 0.3) is 0 Å². The summed E-state index contributed by atoms with van der Waals surface area (Å²) in [7, 11) is 5.79. The van der Waals surface area contributed by atoms with Crippen molar-refractivity contribution >= 4 is 18.5 Å². The fraction of sp³-hybridized carbons (Fsp3) is 1.00. The second-order valence-corrected chi connectivity index (χ2v) is 9.92. The van der Waals surface area contributed by atoms with Gasteiger partial charge in [0, 0.05) is 5.66 Å². The van der Waals surface area contributed by atoms with Crippen molar-refractivity contribution in [2.45, 2.75) is 81.9 Å². The van der Waals surface area contributed by atoms with Gasteiger partial charge in [-0.1, -0.05) is 32.1 Å². The van der Waals surface area contributed by atoms with Gasteiger partial charge in [-0.2, -0.15) is 0 Å². The highest BCUT2D eigenvalue weighted by Gasteiger charge is 2.56. The second kappa shape index (κ2) is 7.13. The van der Waals surface area contributed by atoms with Crippen LogP contribution in [0.25, 0.3) is 0 Å². The van der Waals surface area contributed by atoms with Gasteiger partial charge < -0.3 is 0 Å². The molecule has 3 saturated carbocycles. The Hall–Kier alpha value is 0.790. The lowest BCUT2D eigenvalue weighted by atomic mass is 9.67. The van der Waals surface area contributed by atoms with Crippen LogP contribution in [0, 0.1) is 23.2 Å². The smallest absolute Gasteiger partial charge is 0.0957 e. The van der Waals surface area contributed by atoms with Gasteiger partial charge in [-0.3, -0.25) is 4.39 Å². The maximum absolute atomic E-state index is 12.9. The highest BCUT2D eigenvalue weighted by atomic mass is 31.0. The van der Waals surface area contributed by atoms with E-state index in [1.807, 2.05) is 0 Å². The molecule has 21 heavy (non-hydrogen) atoms. The zero-order chi connectivity index (χ0) is 14.9. The van der Waals surface area contributed by atoms with Crippen LogP contribution in [0.3, 0.4) is 0 Å². The molecule has 3 aliphatic rings. The van der Waals surface area contributed by atoms with Crippen LogP contribution in [0.1, 0.15) is 70.6 Å². The van der Waals surface area contributed by atoms with Crippen molar-refractivity contribution in [2.75, 3.05) is 6.67 Å². The first-order valence-electron chi connectivity index (χ1n) is 9.23. The van der Waals surface area contributed by atoms with Gasteiger partial charge in [0.2, 0.25) is 0 Å². The lowest BCUT2D eigenvalue weighted by Crippen LogP contribution is -2.30. The van der Waals surface area contributed by atoms with E-state index in [0.29, 0.717) is 5.41 Å². The fourth-order valence-corrected chi connectivity index (χ4v) is 6.82. The molecular formula is C18H33FP2. The number of halogens is 1. The third-order valence-electron chi connectivity index (χ3n) is 6.92. The van der Waals surface area contributed by atoms with Crippen LogP contribution in [0.4, 0.5) is 4.39 Å². The summed E-state index contributed by atoms with van der Waals surface area (Å²) in [6.07, 6.45) is 15.7. The van der Waals surface area contributed by atoms with Crippen molar-refractivity contribution in [3.8, 4) is 0 Å². The molecule has 122 valence electrons. The van der Waals surface area contributed by atoms with Gasteiger partial charge in [0.15, 0.2) is 0 Å². The first-order chi connectivity index (χ1) is 10.2. The zero-order valence-corrected chi connectivity index (χ0v) is 15.7. The molecule has 0 saturated heterocycles. The molecule has 3 heteroatoms. The summed E-state index contributed by atoms with van der Waals surface area (Å²) in [5, 5.41) is 0. The largest absolute Gasteiger partial charge is 0.250 e. The zero-order valence-electron chi connectivity index (χ0n) is 13.4. The molecule has 0 amide bonds. The topological polar surface area (TPSA) is 0 Å². The number of rotatable bonds is 5. The minimum absolute atomic E-state index is 0.165. The normalized spacial score (nSPS) is 42.7. The van der Waals surface area contributed by atoms with E-state index in [1.165, 1.54) is 64.2 Å². The molecular weight excluding hydrogens is 297 g/mol. The molecule has 0 aliphatic heterocycles. The van der Waals surface area contributed by atoms with E-state index in [9.17, 15) is 4.39 Å². The van der Waals surface area contributed by atoms with E-state index < -0.39 is 0 Å². The van der Waals surface area contributed by atoms with Gasteiger partial charge in [-0.05, 0) is 67.4 Å². The molecule has 5 atom stereocenters. The molecule has 0 spiro atoms. The first-order valence-corrected chi connectivity index (χ1v) is 10.6. The Morgan fingerprint density at radius 2 is 1.52 bits per heavy atom. The van der Waals surface area contributed by atoms with Crippen LogP contribution in [-0.4, -0.2) is 18.0 Å². The van der Waals surface area contributed by atoms with Gasteiger partial charge in [0.1, 0.15) is 0 Å². The maximum Gasteiger partial charge on any atom is 0.0957 e. The summed E-state index contributed by atoms with van der Waals surface area (Å²) >= 11 is 0. The fourth-order valence-electron chi connectivity index (χ4n) is 5.54. The van der Waals surface area contributed by atoms with Crippen molar-refractivity contribution in [1.82, 2.24) is 0 Å². The molecule has 0 N–H and O–H groups in total. The molecule has 3 fully saturated rings. The van der Waals surface area contributed by atoms with E-state index in [2.05, 4.69) is 18.5 Å². The Morgan fingerprint density at radius 1 is 0.952 bits per heavy atom. The Labute approximate surface area is 135 Å². The van der Waals surface area contributed by atoms with Crippen molar-refractivity contribution in [3.63, 3.8) is 0 Å². The molecule has 3 rings (SSSR count). The SMILES string of the molecule is FCC(P)CC1(C2CCC(C3CCCCC3)CC2)CC1P. The van der Waals surface area contributed by atoms with E-state index in [1.54, 1.807) is 0 Å². The summed E-state index contributed by atoms with van der Waals surface area (Å²) in [5.74, 6) is 2.95. The summed E-state index contributed by atoms with van der Waals surface area (Å²) in [6.45, 7) is -0.165. The Balaban J connectivity index is 1.52.